The number of amidine groups is 1. The summed E-state index contributed by atoms with van der Waals surface area (Å²) in [5.41, 5.74) is 1.53. The molecular weight excluding hydrogens is 341 g/mol. The normalized spacial score (nSPS) is 18.2. The third-order valence-electron chi connectivity index (χ3n) is 2.94. The van der Waals surface area contributed by atoms with Crippen LogP contribution in [-0.4, -0.2) is 15.6 Å². The van der Waals surface area contributed by atoms with Gasteiger partial charge in [-0.3, -0.25) is 4.79 Å². The second kappa shape index (κ2) is 6.20. The van der Waals surface area contributed by atoms with E-state index in [1.807, 2.05) is 36.2 Å². The molecule has 1 aliphatic rings. The monoisotopic (exact) mass is 351 g/mol. The van der Waals surface area contributed by atoms with Crippen LogP contribution in [0.4, 0.5) is 5.69 Å². The Morgan fingerprint density at radius 2 is 2.14 bits per heavy atom. The fourth-order valence-electron chi connectivity index (χ4n) is 1.92. The van der Waals surface area contributed by atoms with Crippen molar-refractivity contribution in [3.8, 4) is 0 Å². The van der Waals surface area contributed by atoms with Gasteiger partial charge in [0.15, 0.2) is 5.17 Å². The van der Waals surface area contributed by atoms with Crippen LogP contribution in [0.3, 0.4) is 0 Å². The van der Waals surface area contributed by atoms with E-state index in [0.717, 1.165) is 5.56 Å². The minimum absolute atomic E-state index is 0.169. The molecule has 1 amide bonds. The summed E-state index contributed by atoms with van der Waals surface area (Å²) < 4.78 is 1.92. The summed E-state index contributed by atoms with van der Waals surface area (Å²) in [6.07, 6.45) is 5.68. The Morgan fingerprint density at radius 3 is 2.82 bits per heavy atom. The van der Waals surface area contributed by atoms with Crippen molar-refractivity contribution in [3.05, 3.63) is 57.2 Å². The molecule has 2 heterocycles. The summed E-state index contributed by atoms with van der Waals surface area (Å²) in [4.78, 5) is 16.9. The van der Waals surface area contributed by atoms with Crippen molar-refractivity contribution in [1.29, 1.82) is 0 Å². The van der Waals surface area contributed by atoms with Crippen LogP contribution < -0.4 is 5.32 Å². The molecule has 1 aromatic heterocycles. The van der Waals surface area contributed by atoms with Crippen molar-refractivity contribution < 1.29 is 4.79 Å². The topological polar surface area (TPSA) is 46.4 Å². The number of thioether (sulfide) groups is 1. The molecule has 2 aromatic rings. The van der Waals surface area contributed by atoms with E-state index >= 15 is 0 Å². The molecule has 0 bridgehead atoms. The lowest BCUT2D eigenvalue weighted by Gasteiger charge is -1.99. The minimum Gasteiger partial charge on any atom is -0.357 e. The van der Waals surface area contributed by atoms with Crippen LogP contribution in [0.15, 0.2) is 46.6 Å². The molecule has 1 N–H and O–H groups in total. The largest absolute Gasteiger partial charge is 0.357 e. The third-order valence-corrected chi connectivity index (χ3v) is 4.38. The average Bonchev–Trinajstić information content (AvgIpc) is 3.00. The van der Waals surface area contributed by atoms with Gasteiger partial charge in [0, 0.05) is 24.5 Å². The van der Waals surface area contributed by atoms with Crippen LogP contribution in [0.2, 0.25) is 10.0 Å². The number of nitrogens with zero attached hydrogens (tertiary/aromatic N) is 2. The van der Waals surface area contributed by atoms with Gasteiger partial charge < -0.3 is 9.88 Å². The Balaban J connectivity index is 1.85. The van der Waals surface area contributed by atoms with E-state index in [1.165, 1.54) is 11.8 Å². The second-order valence-electron chi connectivity index (χ2n) is 4.69. The summed E-state index contributed by atoms with van der Waals surface area (Å²) in [5, 5.41) is 4.21. The van der Waals surface area contributed by atoms with Crippen LogP contribution in [0, 0.1) is 0 Å². The maximum atomic E-state index is 12.0. The average molecular weight is 352 g/mol. The fraction of sp³-hybridized carbons (Fsp3) is 0.0667. The molecule has 0 aliphatic carbocycles. The number of hydrogen-bond acceptors (Lipinski definition) is 3. The maximum absolute atomic E-state index is 12.0. The predicted molar refractivity (Wildman–Crippen MR) is 92.7 cm³/mol. The van der Waals surface area contributed by atoms with E-state index in [0.29, 0.717) is 25.8 Å². The lowest BCUT2D eigenvalue weighted by atomic mass is 10.3. The minimum atomic E-state index is -0.169. The van der Waals surface area contributed by atoms with Crippen LogP contribution in [0.1, 0.15) is 5.56 Å². The van der Waals surface area contributed by atoms with Gasteiger partial charge >= 0.3 is 0 Å². The van der Waals surface area contributed by atoms with Crippen LogP contribution in [0.5, 0.6) is 0 Å². The maximum Gasteiger partial charge on any atom is 0.264 e. The molecule has 1 saturated heterocycles. The quantitative estimate of drug-likeness (QED) is 0.823. The molecular formula is C15H11Cl2N3OS. The summed E-state index contributed by atoms with van der Waals surface area (Å²) in [6.45, 7) is 0. The molecule has 3 rings (SSSR count). The van der Waals surface area contributed by atoms with E-state index < -0.39 is 0 Å². The van der Waals surface area contributed by atoms with Crippen LogP contribution in [0.25, 0.3) is 6.08 Å². The number of carbonyl (C=O) groups is 1. The molecule has 0 spiro atoms. The lowest BCUT2D eigenvalue weighted by Crippen LogP contribution is -2.19. The number of carbonyl (C=O) groups excluding carboxylic acids is 1. The standard InChI is InChI=1S/C15H11Cl2N3OS/c1-20-5-4-9(8-20)6-13-14(21)19-15(22-13)18-12-3-2-10(16)7-11(12)17/h2-8H,1H3,(H,18,19,21). The molecule has 7 heteroatoms. The van der Waals surface area contributed by atoms with Crippen molar-refractivity contribution in [2.24, 2.45) is 12.0 Å². The van der Waals surface area contributed by atoms with Gasteiger partial charge in [-0.1, -0.05) is 23.2 Å². The number of aryl methyl sites for hydroxylation is 1. The molecule has 0 atom stereocenters. The molecule has 22 heavy (non-hydrogen) atoms. The Bertz CT molecular complexity index is 811. The van der Waals surface area contributed by atoms with E-state index in [4.69, 9.17) is 23.2 Å². The zero-order chi connectivity index (χ0) is 15.7. The highest BCUT2D eigenvalue weighted by Crippen LogP contribution is 2.32. The van der Waals surface area contributed by atoms with Crippen LogP contribution in [-0.2, 0) is 11.8 Å². The SMILES string of the molecule is Cn1ccc(C=C2SC(=Nc3ccc(Cl)cc3Cl)NC2=O)c1. The van der Waals surface area contributed by atoms with E-state index in [2.05, 4.69) is 10.3 Å². The molecule has 0 saturated carbocycles. The number of halogens is 2. The van der Waals surface area contributed by atoms with E-state index in [-0.39, 0.29) is 5.91 Å². The summed E-state index contributed by atoms with van der Waals surface area (Å²) in [5.74, 6) is -0.169. The van der Waals surface area contributed by atoms with Gasteiger partial charge in [-0.25, -0.2) is 4.99 Å². The van der Waals surface area contributed by atoms with Crippen molar-refractivity contribution in [3.63, 3.8) is 0 Å². The first kappa shape index (κ1) is 15.2. The van der Waals surface area contributed by atoms with Gasteiger partial charge in [0.05, 0.1) is 15.6 Å². The smallest absolute Gasteiger partial charge is 0.264 e. The number of aromatic nitrogens is 1. The molecule has 112 valence electrons. The lowest BCUT2D eigenvalue weighted by molar-refractivity contribution is -0.115. The van der Waals surface area contributed by atoms with Crippen molar-refractivity contribution >= 4 is 57.8 Å². The number of nitrogens with one attached hydrogen (secondary N) is 1. The number of amides is 1. The van der Waals surface area contributed by atoms with E-state index in [9.17, 15) is 4.79 Å². The first-order valence-corrected chi connectivity index (χ1v) is 7.95. The van der Waals surface area contributed by atoms with E-state index in [1.54, 1.807) is 18.2 Å². The molecule has 1 aromatic carbocycles. The Hall–Kier alpha value is -1.69. The molecule has 0 radical (unpaired) electrons. The summed E-state index contributed by atoms with van der Waals surface area (Å²) in [6, 6.07) is 6.97. The van der Waals surface area contributed by atoms with Crippen molar-refractivity contribution in [2.75, 3.05) is 0 Å². The number of hydrogen-bond donors (Lipinski definition) is 1. The second-order valence-corrected chi connectivity index (χ2v) is 6.56. The first-order chi connectivity index (χ1) is 10.5. The summed E-state index contributed by atoms with van der Waals surface area (Å²) >= 11 is 13.2. The highest BCUT2D eigenvalue weighted by atomic mass is 35.5. The Kier molecular flexibility index (Phi) is 4.29. The zero-order valence-corrected chi connectivity index (χ0v) is 13.8. The molecule has 0 unspecified atom stereocenters. The number of rotatable bonds is 2. The van der Waals surface area contributed by atoms with Gasteiger partial charge in [-0.05, 0) is 47.7 Å². The molecule has 4 nitrogen and oxygen atoms in total. The first-order valence-electron chi connectivity index (χ1n) is 6.38. The molecule has 1 fully saturated rings. The van der Waals surface area contributed by atoms with Gasteiger partial charge in [0.25, 0.3) is 5.91 Å². The Labute approximate surface area is 141 Å². The third kappa shape index (κ3) is 3.38. The highest BCUT2D eigenvalue weighted by Gasteiger charge is 2.24. The fourth-order valence-corrected chi connectivity index (χ4v) is 3.21. The van der Waals surface area contributed by atoms with Crippen molar-refractivity contribution in [2.45, 2.75) is 0 Å². The van der Waals surface area contributed by atoms with Gasteiger partial charge in [-0.2, -0.15) is 0 Å². The van der Waals surface area contributed by atoms with Gasteiger partial charge in [0.1, 0.15) is 0 Å². The van der Waals surface area contributed by atoms with Gasteiger partial charge in [0.2, 0.25) is 0 Å². The van der Waals surface area contributed by atoms with Crippen LogP contribution >= 0.6 is 35.0 Å². The summed E-state index contributed by atoms with van der Waals surface area (Å²) in [7, 11) is 1.93. The predicted octanol–water partition coefficient (Wildman–Crippen LogP) is 4.22. The van der Waals surface area contributed by atoms with Gasteiger partial charge in [-0.15, -0.1) is 0 Å². The molecule has 1 aliphatic heterocycles. The highest BCUT2D eigenvalue weighted by molar-refractivity contribution is 8.18. The van der Waals surface area contributed by atoms with Crippen molar-refractivity contribution in [1.82, 2.24) is 9.88 Å². The number of benzene rings is 1. The number of aliphatic imine (C=N–C) groups is 1. The Morgan fingerprint density at radius 1 is 1.32 bits per heavy atom. The zero-order valence-electron chi connectivity index (χ0n) is 11.5.